The molecule has 0 saturated heterocycles. The number of nitrogens with zero attached hydrogens (tertiary/aromatic N) is 2. The Kier molecular flexibility index (Phi) is 5.06. The summed E-state index contributed by atoms with van der Waals surface area (Å²) in [7, 11) is 0. The summed E-state index contributed by atoms with van der Waals surface area (Å²) in [5.41, 5.74) is 7.20. The van der Waals surface area contributed by atoms with E-state index < -0.39 is 0 Å². The molecule has 4 aromatic rings. The van der Waals surface area contributed by atoms with E-state index in [1.54, 1.807) is 0 Å². The van der Waals surface area contributed by atoms with Gasteiger partial charge in [0, 0.05) is 29.5 Å². The first-order valence-corrected chi connectivity index (χ1v) is 10.8. The molecule has 0 aliphatic carbocycles. The highest BCUT2D eigenvalue weighted by atomic mass is 35.5. The van der Waals surface area contributed by atoms with E-state index in [1.807, 2.05) is 16.8 Å². The Morgan fingerprint density at radius 1 is 0.933 bits per heavy atom. The monoisotopic (exact) mass is 413 g/mol. The van der Waals surface area contributed by atoms with Crippen LogP contribution in [0.25, 0.3) is 5.69 Å². The summed E-state index contributed by atoms with van der Waals surface area (Å²) in [4.78, 5) is 0. The van der Waals surface area contributed by atoms with Gasteiger partial charge in [-0.2, -0.15) is 5.10 Å². The van der Waals surface area contributed by atoms with Crippen LogP contribution in [0.1, 0.15) is 33.9 Å². The Bertz CT molecular complexity index is 1130. The molecule has 1 aliphatic heterocycles. The minimum Gasteiger partial charge on any atom is -0.369 e. The fourth-order valence-electron chi connectivity index (χ4n) is 4.40. The van der Waals surface area contributed by atoms with Crippen LogP contribution in [0.5, 0.6) is 0 Å². The van der Waals surface area contributed by atoms with Crippen LogP contribution < -0.4 is 5.32 Å². The van der Waals surface area contributed by atoms with Crippen molar-refractivity contribution in [2.45, 2.75) is 25.7 Å². The lowest BCUT2D eigenvalue weighted by atomic mass is 9.86. The summed E-state index contributed by atoms with van der Waals surface area (Å²) in [5.74, 6) is 1.37. The highest BCUT2D eigenvalue weighted by molar-refractivity contribution is 6.31. The highest BCUT2D eigenvalue weighted by Crippen LogP contribution is 2.35. The van der Waals surface area contributed by atoms with Gasteiger partial charge >= 0.3 is 0 Å². The second-order valence-electron chi connectivity index (χ2n) is 7.82. The standard InChI is InChI=1S/C26H24ClN3/c1-18-23(27)13-8-14-25(18)30-26-21(15-16-28-26)24(29-30)17-22(19-9-4-2-5-10-19)20-11-6-3-7-12-20/h2-14,22,28H,15-17H2,1H3. The zero-order chi connectivity index (χ0) is 20.5. The van der Waals surface area contributed by atoms with Gasteiger partial charge in [0.25, 0.3) is 0 Å². The Hall–Kier alpha value is -3.04. The number of aromatic nitrogens is 2. The predicted octanol–water partition coefficient (Wildman–Crippen LogP) is 6.18. The normalized spacial score (nSPS) is 12.8. The Balaban J connectivity index is 1.59. The van der Waals surface area contributed by atoms with Crippen molar-refractivity contribution in [2.24, 2.45) is 0 Å². The maximum Gasteiger partial charge on any atom is 0.133 e. The van der Waals surface area contributed by atoms with Crippen molar-refractivity contribution in [1.82, 2.24) is 9.78 Å². The molecule has 0 unspecified atom stereocenters. The van der Waals surface area contributed by atoms with Crippen molar-refractivity contribution in [3.63, 3.8) is 0 Å². The SMILES string of the molecule is Cc1c(Cl)cccc1-n1nc(CC(c2ccccc2)c2ccccc2)c2c1NCC2. The molecule has 1 N–H and O–H groups in total. The van der Waals surface area contributed by atoms with Crippen molar-refractivity contribution in [3.05, 3.63) is 112 Å². The molecule has 3 aromatic carbocycles. The van der Waals surface area contributed by atoms with Crippen LogP contribution in [-0.4, -0.2) is 16.3 Å². The lowest BCUT2D eigenvalue weighted by Gasteiger charge is -2.17. The maximum absolute atomic E-state index is 6.40. The van der Waals surface area contributed by atoms with Gasteiger partial charge < -0.3 is 5.32 Å². The van der Waals surface area contributed by atoms with Crippen LogP contribution >= 0.6 is 11.6 Å². The molecule has 2 heterocycles. The van der Waals surface area contributed by atoms with Crippen LogP contribution in [0.2, 0.25) is 5.02 Å². The second-order valence-corrected chi connectivity index (χ2v) is 8.23. The minimum absolute atomic E-state index is 0.265. The van der Waals surface area contributed by atoms with Gasteiger partial charge in [-0.05, 0) is 42.2 Å². The second kappa shape index (κ2) is 8.00. The van der Waals surface area contributed by atoms with Gasteiger partial charge in [0.05, 0.1) is 11.4 Å². The van der Waals surface area contributed by atoms with E-state index in [0.29, 0.717) is 0 Å². The summed E-state index contributed by atoms with van der Waals surface area (Å²) in [5, 5.41) is 9.40. The van der Waals surface area contributed by atoms with E-state index in [-0.39, 0.29) is 5.92 Å². The third-order valence-electron chi connectivity index (χ3n) is 6.00. The molecule has 0 atom stereocenters. The van der Waals surface area contributed by atoms with E-state index in [0.717, 1.165) is 47.2 Å². The molecule has 1 aliphatic rings. The van der Waals surface area contributed by atoms with Gasteiger partial charge in [0.15, 0.2) is 0 Å². The summed E-state index contributed by atoms with van der Waals surface area (Å²) >= 11 is 6.40. The summed E-state index contributed by atoms with van der Waals surface area (Å²) < 4.78 is 2.05. The van der Waals surface area contributed by atoms with Gasteiger partial charge in [-0.15, -0.1) is 0 Å². The lowest BCUT2D eigenvalue weighted by molar-refractivity contribution is 0.744. The molecule has 3 nitrogen and oxygen atoms in total. The molecule has 0 spiro atoms. The fraction of sp³-hybridized carbons (Fsp3) is 0.192. The van der Waals surface area contributed by atoms with Gasteiger partial charge in [-0.1, -0.05) is 78.3 Å². The number of nitrogens with one attached hydrogen (secondary N) is 1. The van der Waals surface area contributed by atoms with E-state index in [2.05, 4.69) is 79.0 Å². The molecular weight excluding hydrogens is 390 g/mol. The van der Waals surface area contributed by atoms with E-state index in [9.17, 15) is 0 Å². The van der Waals surface area contributed by atoms with Gasteiger partial charge in [0.2, 0.25) is 0 Å². The molecular formula is C26H24ClN3. The predicted molar refractivity (Wildman–Crippen MR) is 124 cm³/mol. The number of halogens is 1. The molecule has 150 valence electrons. The summed E-state index contributed by atoms with van der Waals surface area (Å²) in [6.07, 6.45) is 1.87. The molecule has 0 radical (unpaired) electrons. The average molecular weight is 414 g/mol. The van der Waals surface area contributed by atoms with Crippen molar-refractivity contribution >= 4 is 17.4 Å². The number of anilines is 1. The van der Waals surface area contributed by atoms with Crippen LogP contribution in [0.4, 0.5) is 5.82 Å². The third-order valence-corrected chi connectivity index (χ3v) is 6.41. The first kappa shape index (κ1) is 19.0. The Labute approximate surface area is 182 Å². The number of hydrogen-bond acceptors (Lipinski definition) is 2. The molecule has 0 amide bonds. The van der Waals surface area contributed by atoms with E-state index in [1.165, 1.54) is 16.7 Å². The smallest absolute Gasteiger partial charge is 0.133 e. The molecule has 5 rings (SSSR count). The topological polar surface area (TPSA) is 29.9 Å². The van der Waals surface area contributed by atoms with Gasteiger partial charge in [-0.25, -0.2) is 4.68 Å². The minimum atomic E-state index is 0.265. The molecule has 30 heavy (non-hydrogen) atoms. The molecule has 1 aromatic heterocycles. The maximum atomic E-state index is 6.40. The number of rotatable bonds is 5. The number of benzene rings is 3. The van der Waals surface area contributed by atoms with E-state index in [4.69, 9.17) is 16.7 Å². The van der Waals surface area contributed by atoms with Crippen LogP contribution in [0.3, 0.4) is 0 Å². The first-order chi connectivity index (χ1) is 14.7. The quantitative estimate of drug-likeness (QED) is 0.423. The molecule has 0 bridgehead atoms. The summed E-state index contributed by atoms with van der Waals surface area (Å²) in [6.45, 7) is 3.00. The highest BCUT2D eigenvalue weighted by Gasteiger charge is 2.26. The van der Waals surface area contributed by atoms with E-state index >= 15 is 0 Å². The summed E-state index contributed by atoms with van der Waals surface area (Å²) in [6, 6.07) is 27.5. The zero-order valence-electron chi connectivity index (χ0n) is 17.0. The van der Waals surface area contributed by atoms with Crippen molar-refractivity contribution in [1.29, 1.82) is 0 Å². The lowest BCUT2D eigenvalue weighted by Crippen LogP contribution is -2.09. The number of fused-ring (bicyclic) bond motifs is 1. The van der Waals surface area contributed by atoms with Gasteiger partial charge in [0.1, 0.15) is 5.82 Å². The average Bonchev–Trinajstić information content (AvgIpc) is 3.39. The van der Waals surface area contributed by atoms with Crippen LogP contribution in [-0.2, 0) is 12.8 Å². The fourth-order valence-corrected chi connectivity index (χ4v) is 4.57. The zero-order valence-corrected chi connectivity index (χ0v) is 17.7. The first-order valence-electron chi connectivity index (χ1n) is 10.4. The van der Waals surface area contributed by atoms with Crippen molar-refractivity contribution in [3.8, 4) is 5.69 Å². The van der Waals surface area contributed by atoms with Crippen LogP contribution in [0.15, 0.2) is 78.9 Å². The Morgan fingerprint density at radius 3 is 2.27 bits per heavy atom. The van der Waals surface area contributed by atoms with Crippen LogP contribution in [0, 0.1) is 6.92 Å². The Morgan fingerprint density at radius 2 is 1.60 bits per heavy atom. The van der Waals surface area contributed by atoms with Gasteiger partial charge in [-0.3, -0.25) is 0 Å². The largest absolute Gasteiger partial charge is 0.369 e. The van der Waals surface area contributed by atoms with Crippen molar-refractivity contribution in [2.75, 3.05) is 11.9 Å². The van der Waals surface area contributed by atoms with Crippen molar-refractivity contribution < 1.29 is 0 Å². The number of hydrogen-bond donors (Lipinski definition) is 1. The molecule has 0 saturated carbocycles. The third kappa shape index (κ3) is 3.40. The molecule has 0 fully saturated rings. The molecule has 4 heteroatoms.